The first kappa shape index (κ1) is 24.5. The van der Waals surface area contributed by atoms with Gasteiger partial charge in [-0.1, -0.05) is 42.5 Å². The molecule has 0 bridgehead atoms. The normalized spacial score (nSPS) is 11.6. The van der Waals surface area contributed by atoms with Crippen LogP contribution in [0.3, 0.4) is 0 Å². The van der Waals surface area contributed by atoms with Crippen molar-refractivity contribution in [1.82, 2.24) is 29.3 Å². The minimum absolute atomic E-state index is 0.0722. The number of anilines is 2. The first-order valence-electron chi connectivity index (χ1n) is 13.2. The van der Waals surface area contributed by atoms with Gasteiger partial charge in [0.15, 0.2) is 5.65 Å². The van der Waals surface area contributed by atoms with Gasteiger partial charge in [0.1, 0.15) is 23.7 Å². The second-order valence-electron chi connectivity index (χ2n) is 10.2. The van der Waals surface area contributed by atoms with E-state index in [0.29, 0.717) is 33.7 Å². The summed E-state index contributed by atoms with van der Waals surface area (Å²) in [6, 6.07) is 25.4. The van der Waals surface area contributed by atoms with Gasteiger partial charge in [-0.25, -0.2) is 19.6 Å². The second-order valence-corrected chi connectivity index (χ2v) is 10.2. The Bertz CT molecular complexity index is 2210. The first-order valence-corrected chi connectivity index (χ1v) is 13.2. The highest BCUT2D eigenvalue weighted by Gasteiger charge is 2.20. The standard InChI is InChI=1S/C32H26N8O/c1-18-6-3-4-9-25(18)40-23(15-21-8-5-7-19(2)27(21)32(40)41)16-39-31-28(30(34)35-17-36-31)29(38-39)22-10-12-24-20(14-22)11-13-26(33)37-24/h3-15,17H,16H2,1-2H3,(H2,33,37)(H2,34,35,36). The van der Waals surface area contributed by atoms with Crippen LogP contribution in [0.15, 0.2) is 90.0 Å². The van der Waals surface area contributed by atoms with Crippen molar-refractivity contribution in [3.05, 3.63) is 112 Å². The number of nitrogens with zero attached hydrogens (tertiary/aromatic N) is 6. The molecule has 200 valence electrons. The topological polar surface area (TPSA) is 131 Å². The third kappa shape index (κ3) is 3.98. The number of aromatic nitrogens is 6. The second kappa shape index (κ2) is 9.27. The number of nitrogen functional groups attached to an aromatic ring is 2. The molecule has 0 atom stereocenters. The van der Waals surface area contributed by atoms with Gasteiger partial charge >= 0.3 is 0 Å². The Balaban J connectivity index is 1.46. The maximum atomic E-state index is 14.1. The lowest BCUT2D eigenvalue weighted by Crippen LogP contribution is -2.25. The summed E-state index contributed by atoms with van der Waals surface area (Å²) in [5.41, 5.74) is 18.6. The fourth-order valence-corrected chi connectivity index (χ4v) is 5.57. The molecule has 0 saturated carbocycles. The van der Waals surface area contributed by atoms with Crippen LogP contribution in [0.1, 0.15) is 16.8 Å². The van der Waals surface area contributed by atoms with Crippen LogP contribution in [0.2, 0.25) is 0 Å². The fraction of sp³-hybridized carbons (Fsp3) is 0.0938. The average molecular weight is 539 g/mol. The zero-order chi connectivity index (χ0) is 28.2. The zero-order valence-electron chi connectivity index (χ0n) is 22.5. The molecule has 4 aromatic heterocycles. The summed E-state index contributed by atoms with van der Waals surface area (Å²) in [5, 5.41) is 8.15. The lowest BCUT2D eigenvalue weighted by atomic mass is 10.1. The Labute approximate surface area is 234 Å². The Morgan fingerprint density at radius 2 is 1.63 bits per heavy atom. The van der Waals surface area contributed by atoms with Gasteiger partial charge in [-0.15, -0.1) is 0 Å². The predicted molar refractivity (Wildman–Crippen MR) is 163 cm³/mol. The van der Waals surface area contributed by atoms with E-state index in [1.807, 2.05) is 80.6 Å². The number of pyridine rings is 2. The Kier molecular flexibility index (Phi) is 5.53. The molecule has 0 aliphatic rings. The number of nitrogens with two attached hydrogens (primary N) is 2. The van der Waals surface area contributed by atoms with Gasteiger partial charge in [0.05, 0.1) is 28.5 Å². The number of rotatable bonds is 4. The molecular weight excluding hydrogens is 512 g/mol. The molecule has 4 heterocycles. The molecule has 0 aliphatic carbocycles. The average Bonchev–Trinajstić information content (AvgIpc) is 3.33. The molecule has 0 fully saturated rings. The summed E-state index contributed by atoms with van der Waals surface area (Å²) >= 11 is 0. The van der Waals surface area contributed by atoms with Crippen molar-refractivity contribution in [2.24, 2.45) is 0 Å². The van der Waals surface area contributed by atoms with Gasteiger partial charge in [-0.2, -0.15) is 5.10 Å². The summed E-state index contributed by atoms with van der Waals surface area (Å²) in [5.74, 6) is 0.792. The molecule has 9 nitrogen and oxygen atoms in total. The third-order valence-corrected chi connectivity index (χ3v) is 7.54. The highest BCUT2D eigenvalue weighted by atomic mass is 16.1. The lowest BCUT2D eigenvalue weighted by Gasteiger charge is -2.17. The van der Waals surface area contributed by atoms with Crippen molar-refractivity contribution in [2.45, 2.75) is 20.4 Å². The maximum absolute atomic E-state index is 14.1. The van der Waals surface area contributed by atoms with Crippen LogP contribution in [0, 0.1) is 13.8 Å². The largest absolute Gasteiger partial charge is 0.384 e. The highest BCUT2D eigenvalue weighted by molar-refractivity contribution is 6.00. The summed E-state index contributed by atoms with van der Waals surface area (Å²) in [6.45, 7) is 4.25. The molecule has 0 amide bonds. The quantitative estimate of drug-likeness (QED) is 0.316. The van der Waals surface area contributed by atoms with E-state index in [1.54, 1.807) is 15.3 Å². The number of hydrogen-bond acceptors (Lipinski definition) is 7. The minimum Gasteiger partial charge on any atom is -0.384 e. The van der Waals surface area contributed by atoms with E-state index in [-0.39, 0.29) is 12.1 Å². The highest BCUT2D eigenvalue weighted by Crippen LogP contribution is 2.32. The molecule has 9 heteroatoms. The van der Waals surface area contributed by atoms with E-state index >= 15 is 0 Å². The molecule has 3 aromatic carbocycles. The van der Waals surface area contributed by atoms with Crippen molar-refractivity contribution >= 4 is 44.3 Å². The van der Waals surface area contributed by atoms with Crippen molar-refractivity contribution in [3.8, 4) is 16.9 Å². The zero-order valence-corrected chi connectivity index (χ0v) is 22.5. The molecular formula is C32H26N8O. The molecule has 7 aromatic rings. The third-order valence-electron chi connectivity index (χ3n) is 7.54. The van der Waals surface area contributed by atoms with E-state index in [9.17, 15) is 4.79 Å². The van der Waals surface area contributed by atoms with Crippen LogP contribution < -0.4 is 17.0 Å². The molecule has 0 spiro atoms. The molecule has 0 aliphatic heterocycles. The van der Waals surface area contributed by atoms with E-state index in [0.717, 1.165) is 44.4 Å². The van der Waals surface area contributed by atoms with Crippen LogP contribution in [0.4, 0.5) is 11.6 Å². The fourth-order valence-electron chi connectivity index (χ4n) is 5.57. The summed E-state index contributed by atoms with van der Waals surface area (Å²) < 4.78 is 3.58. The number of aryl methyl sites for hydroxylation is 2. The smallest absolute Gasteiger partial charge is 0.263 e. The van der Waals surface area contributed by atoms with E-state index < -0.39 is 0 Å². The first-order chi connectivity index (χ1) is 19.9. The van der Waals surface area contributed by atoms with Gasteiger partial charge in [0.25, 0.3) is 5.56 Å². The van der Waals surface area contributed by atoms with E-state index in [1.165, 1.54) is 6.33 Å². The van der Waals surface area contributed by atoms with Gasteiger partial charge in [-0.3, -0.25) is 9.36 Å². The van der Waals surface area contributed by atoms with Crippen molar-refractivity contribution in [3.63, 3.8) is 0 Å². The summed E-state index contributed by atoms with van der Waals surface area (Å²) in [4.78, 5) is 27.3. The molecule has 0 unspecified atom stereocenters. The van der Waals surface area contributed by atoms with Crippen LogP contribution in [-0.2, 0) is 6.54 Å². The van der Waals surface area contributed by atoms with Gasteiger partial charge < -0.3 is 11.5 Å². The summed E-state index contributed by atoms with van der Waals surface area (Å²) in [6.07, 6.45) is 1.44. The molecule has 7 rings (SSSR count). The minimum atomic E-state index is -0.0722. The monoisotopic (exact) mass is 538 g/mol. The van der Waals surface area contributed by atoms with Crippen LogP contribution in [0.25, 0.3) is 49.7 Å². The Morgan fingerprint density at radius 1 is 0.805 bits per heavy atom. The molecule has 0 saturated heterocycles. The van der Waals surface area contributed by atoms with E-state index in [4.69, 9.17) is 16.6 Å². The molecule has 4 N–H and O–H groups in total. The number of para-hydroxylation sites is 1. The van der Waals surface area contributed by atoms with Crippen LogP contribution >= 0.6 is 0 Å². The maximum Gasteiger partial charge on any atom is 0.263 e. The van der Waals surface area contributed by atoms with Crippen molar-refractivity contribution < 1.29 is 0 Å². The van der Waals surface area contributed by atoms with Gasteiger partial charge in [0, 0.05) is 16.6 Å². The number of hydrogen-bond donors (Lipinski definition) is 2. The van der Waals surface area contributed by atoms with E-state index in [2.05, 4.69) is 21.0 Å². The van der Waals surface area contributed by atoms with Crippen molar-refractivity contribution in [1.29, 1.82) is 0 Å². The number of fused-ring (bicyclic) bond motifs is 3. The Morgan fingerprint density at radius 3 is 2.49 bits per heavy atom. The predicted octanol–water partition coefficient (Wildman–Crippen LogP) is 5.18. The number of benzene rings is 3. The Hall–Kier alpha value is -5.57. The lowest BCUT2D eigenvalue weighted by molar-refractivity contribution is 0.671. The van der Waals surface area contributed by atoms with Gasteiger partial charge in [0.2, 0.25) is 0 Å². The van der Waals surface area contributed by atoms with Crippen LogP contribution in [0.5, 0.6) is 0 Å². The molecule has 41 heavy (non-hydrogen) atoms. The van der Waals surface area contributed by atoms with Gasteiger partial charge in [-0.05, 0) is 66.8 Å². The van der Waals surface area contributed by atoms with Crippen molar-refractivity contribution in [2.75, 3.05) is 11.5 Å². The SMILES string of the molecule is Cc1ccccc1-n1c(Cn2nc(-c3ccc4nc(N)ccc4c3)c3c(N)ncnc32)cc2cccc(C)c2c1=O. The summed E-state index contributed by atoms with van der Waals surface area (Å²) in [7, 11) is 0. The molecule has 0 radical (unpaired) electrons. The van der Waals surface area contributed by atoms with Crippen LogP contribution in [-0.4, -0.2) is 29.3 Å².